The van der Waals surface area contributed by atoms with Crippen molar-refractivity contribution >= 4 is 17.9 Å². The first-order chi connectivity index (χ1) is 17.4. The Bertz CT molecular complexity index is 1090. The van der Waals surface area contributed by atoms with Gasteiger partial charge in [0, 0.05) is 57.5 Å². The third kappa shape index (κ3) is 5.44. The van der Waals surface area contributed by atoms with Gasteiger partial charge in [0.2, 0.25) is 0 Å². The van der Waals surface area contributed by atoms with Gasteiger partial charge in [-0.1, -0.05) is 0 Å². The lowest BCUT2D eigenvalue weighted by molar-refractivity contribution is -0.123. The van der Waals surface area contributed by atoms with Crippen LogP contribution < -0.4 is 15.0 Å². The molecule has 1 N–H and O–H groups in total. The predicted octanol–water partition coefficient (Wildman–Crippen LogP) is 3.69. The number of carbonyl (C=O) groups excluding carboxylic acids is 1. The van der Waals surface area contributed by atoms with E-state index in [1.54, 1.807) is 0 Å². The van der Waals surface area contributed by atoms with Crippen LogP contribution in [0.3, 0.4) is 0 Å². The highest BCUT2D eigenvalue weighted by Crippen LogP contribution is 2.32. The van der Waals surface area contributed by atoms with Crippen LogP contribution in [0.5, 0.6) is 5.75 Å². The van der Waals surface area contributed by atoms with Crippen molar-refractivity contribution in [2.24, 2.45) is 0 Å². The number of nitrogens with one attached hydrogen (secondary N) is 1. The Balaban J connectivity index is 1.28. The number of hydrogen-bond donors (Lipinski definition) is 1. The fourth-order valence-electron chi connectivity index (χ4n) is 5.13. The quantitative estimate of drug-likeness (QED) is 0.576. The first kappa shape index (κ1) is 24.8. The molecule has 36 heavy (non-hydrogen) atoms. The molecule has 0 aliphatic carbocycles. The second kappa shape index (κ2) is 10.6. The number of aldehydes is 1. The average molecular weight is 502 g/mol. The highest BCUT2D eigenvalue weighted by Gasteiger charge is 2.34. The van der Waals surface area contributed by atoms with E-state index in [-0.39, 0.29) is 30.2 Å². The molecule has 2 saturated heterocycles. The largest absolute Gasteiger partial charge is 0.487 e. The third-order valence-electron chi connectivity index (χ3n) is 6.96. The Morgan fingerprint density at radius 1 is 1.11 bits per heavy atom. The molecule has 0 saturated carbocycles. The van der Waals surface area contributed by atoms with Crippen molar-refractivity contribution in [3.63, 3.8) is 0 Å². The second-order valence-corrected chi connectivity index (χ2v) is 10.0. The van der Waals surface area contributed by atoms with Crippen molar-refractivity contribution < 1.29 is 23.0 Å². The van der Waals surface area contributed by atoms with Gasteiger partial charge < -0.3 is 24.5 Å². The Hall–Kier alpha value is -2.85. The fraction of sp³-hybridized carbons (Fsp3) is 0.577. The van der Waals surface area contributed by atoms with Crippen LogP contribution in [0.25, 0.3) is 0 Å². The van der Waals surface area contributed by atoms with E-state index in [0.29, 0.717) is 32.5 Å². The van der Waals surface area contributed by atoms with E-state index in [1.165, 1.54) is 12.1 Å². The molecule has 4 heterocycles. The zero-order chi connectivity index (χ0) is 25.2. The number of rotatable bonds is 7. The number of hydrogen-bond acceptors (Lipinski definition) is 8. The summed E-state index contributed by atoms with van der Waals surface area (Å²) in [7, 11) is 0. The van der Waals surface area contributed by atoms with Crippen LogP contribution in [0, 0.1) is 11.6 Å². The summed E-state index contributed by atoms with van der Waals surface area (Å²) in [6.07, 6.45) is 4.14. The summed E-state index contributed by atoms with van der Waals surface area (Å²) < 4.78 is 38.9. The summed E-state index contributed by atoms with van der Waals surface area (Å²) in [5.41, 5.74) is 1.93. The molecule has 1 aromatic heterocycles. The van der Waals surface area contributed by atoms with Crippen LogP contribution >= 0.6 is 0 Å². The van der Waals surface area contributed by atoms with Gasteiger partial charge in [0.25, 0.3) is 0 Å². The molecule has 2 unspecified atom stereocenters. The van der Waals surface area contributed by atoms with Gasteiger partial charge in [0.15, 0.2) is 23.2 Å². The summed E-state index contributed by atoms with van der Waals surface area (Å²) >= 11 is 0. The van der Waals surface area contributed by atoms with Crippen LogP contribution in [0.1, 0.15) is 50.9 Å². The van der Waals surface area contributed by atoms with Crippen LogP contribution in [-0.2, 0) is 22.5 Å². The lowest BCUT2D eigenvalue weighted by Crippen LogP contribution is -2.42. The molecule has 1 aromatic carbocycles. The van der Waals surface area contributed by atoms with Crippen LogP contribution in [-0.4, -0.2) is 65.3 Å². The predicted molar refractivity (Wildman–Crippen MR) is 131 cm³/mol. The van der Waals surface area contributed by atoms with Gasteiger partial charge in [0.1, 0.15) is 30.5 Å². The maximum atomic E-state index is 14.0. The van der Waals surface area contributed by atoms with Crippen LogP contribution in [0.15, 0.2) is 18.2 Å². The lowest BCUT2D eigenvalue weighted by Gasteiger charge is -2.36. The van der Waals surface area contributed by atoms with Gasteiger partial charge in [-0.05, 0) is 38.8 Å². The van der Waals surface area contributed by atoms with Gasteiger partial charge in [0.05, 0.1) is 11.4 Å². The molecule has 10 heteroatoms. The molecule has 3 aliphatic rings. The fourth-order valence-corrected chi connectivity index (χ4v) is 5.13. The molecule has 2 atom stereocenters. The van der Waals surface area contributed by atoms with E-state index < -0.39 is 11.6 Å². The average Bonchev–Trinajstić information content (AvgIpc) is 3.35. The minimum atomic E-state index is -0.680. The number of carbonyl (C=O) groups is 1. The molecule has 0 amide bonds. The molecule has 3 aliphatic heterocycles. The Labute approximate surface area is 210 Å². The Morgan fingerprint density at radius 3 is 2.61 bits per heavy atom. The highest BCUT2D eigenvalue weighted by molar-refractivity contribution is 5.62. The minimum absolute atomic E-state index is 0.0543. The van der Waals surface area contributed by atoms with E-state index in [2.05, 4.69) is 29.0 Å². The van der Waals surface area contributed by atoms with Gasteiger partial charge in [-0.2, -0.15) is 0 Å². The van der Waals surface area contributed by atoms with Gasteiger partial charge in [-0.25, -0.2) is 18.7 Å². The molecule has 0 bridgehead atoms. The summed E-state index contributed by atoms with van der Waals surface area (Å²) in [6.45, 7) is 6.99. The second-order valence-electron chi connectivity index (χ2n) is 10.0. The van der Waals surface area contributed by atoms with Crippen molar-refractivity contribution in [2.75, 3.05) is 29.9 Å². The topological polar surface area (TPSA) is 79.8 Å². The molecule has 2 fully saturated rings. The number of fused-ring (bicyclic) bond motifs is 1. The number of nitrogens with zero attached hydrogens (tertiary/aromatic N) is 4. The number of piperidine rings is 1. The third-order valence-corrected chi connectivity index (χ3v) is 6.96. The van der Waals surface area contributed by atoms with Crippen molar-refractivity contribution in [1.82, 2.24) is 14.9 Å². The summed E-state index contributed by atoms with van der Waals surface area (Å²) in [4.78, 5) is 25.6. The molecule has 8 nitrogen and oxygen atoms in total. The van der Waals surface area contributed by atoms with Crippen molar-refractivity contribution in [1.29, 1.82) is 0 Å². The Morgan fingerprint density at radius 2 is 1.92 bits per heavy atom. The zero-order valence-electron chi connectivity index (χ0n) is 20.8. The first-order valence-corrected chi connectivity index (χ1v) is 12.8. The smallest absolute Gasteiger partial charge is 0.172 e. The molecule has 5 rings (SSSR count). The first-order valence-electron chi connectivity index (χ1n) is 12.8. The van der Waals surface area contributed by atoms with Gasteiger partial charge >= 0.3 is 0 Å². The van der Waals surface area contributed by atoms with Crippen LogP contribution in [0.2, 0.25) is 0 Å². The standard InChI is InChI=1S/C26H33F2N5O3/c1-16(2)29-25-26(32-10-7-18(8-11-32)35-23-5-3-17(27)13-20(23)28)31-21-9-12-33(14-22(21)30-25)24-6-4-19(15-34)36-24/h3,5,13,15-16,18-19,24H,4,6-12,14H2,1-2H3,(H,29,30). The Kier molecular flexibility index (Phi) is 7.34. The number of ether oxygens (including phenoxy) is 2. The van der Waals surface area contributed by atoms with E-state index in [0.717, 1.165) is 61.2 Å². The number of halogens is 2. The molecular formula is C26H33F2N5O3. The maximum absolute atomic E-state index is 14.0. The zero-order valence-corrected chi connectivity index (χ0v) is 20.8. The van der Waals surface area contributed by atoms with Gasteiger partial charge in [-0.15, -0.1) is 0 Å². The summed E-state index contributed by atoms with van der Waals surface area (Å²) in [5, 5.41) is 3.46. The molecule has 2 aromatic rings. The van der Waals surface area contributed by atoms with Crippen molar-refractivity contribution in [3.05, 3.63) is 41.2 Å². The van der Waals surface area contributed by atoms with Crippen molar-refractivity contribution in [3.8, 4) is 5.75 Å². The van der Waals surface area contributed by atoms with Gasteiger partial charge in [-0.3, -0.25) is 4.90 Å². The van der Waals surface area contributed by atoms with E-state index in [9.17, 15) is 13.6 Å². The molecule has 194 valence electrons. The van der Waals surface area contributed by atoms with Crippen molar-refractivity contribution in [2.45, 2.75) is 77.0 Å². The molecular weight excluding hydrogens is 468 g/mol. The summed E-state index contributed by atoms with van der Waals surface area (Å²) in [5.74, 6) is 0.379. The van der Waals surface area contributed by atoms with E-state index in [4.69, 9.17) is 19.4 Å². The number of anilines is 2. The maximum Gasteiger partial charge on any atom is 0.172 e. The SMILES string of the molecule is CC(C)Nc1nc2c(nc1N1CCC(Oc3ccc(F)cc3F)CC1)CCN(C1CCC(C=O)O1)C2. The van der Waals surface area contributed by atoms with E-state index >= 15 is 0 Å². The lowest BCUT2D eigenvalue weighted by atomic mass is 10.1. The monoisotopic (exact) mass is 501 g/mol. The number of benzene rings is 1. The molecule has 0 spiro atoms. The minimum Gasteiger partial charge on any atom is -0.487 e. The normalized spacial score (nSPS) is 23.1. The molecule has 0 radical (unpaired) electrons. The van der Waals surface area contributed by atoms with Crippen LogP contribution in [0.4, 0.5) is 20.4 Å². The van der Waals surface area contributed by atoms with E-state index in [1.807, 2.05) is 0 Å². The highest BCUT2D eigenvalue weighted by atomic mass is 19.1. The number of aromatic nitrogens is 2. The summed E-state index contributed by atoms with van der Waals surface area (Å²) in [6, 6.07) is 3.58.